The van der Waals surface area contributed by atoms with E-state index in [1.165, 1.54) is 11.1 Å². The normalized spacial score (nSPS) is 25.2. The van der Waals surface area contributed by atoms with Gasteiger partial charge in [0.15, 0.2) is 0 Å². The Bertz CT molecular complexity index is 571. The van der Waals surface area contributed by atoms with E-state index < -0.39 is 0 Å². The summed E-state index contributed by atoms with van der Waals surface area (Å²) in [6.45, 7) is 0. The summed E-state index contributed by atoms with van der Waals surface area (Å²) in [5.41, 5.74) is 2.64. The molecule has 0 bridgehead atoms. The Balaban J connectivity index is 1.66. The van der Waals surface area contributed by atoms with Crippen LogP contribution in [0.15, 0.2) is 18.2 Å². The third kappa shape index (κ3) is 3.08. The topological polar surface area (TPSA) is 67.4 Å². The monoisotopic (exact) mass is 288 g/mol. The summed E-state index contributed by atoms with van der Waals surface area (Å²) < 4.78 is 5.27. The highest BCUT2D eigenvalue weighted by Gasteiger charge is 2.29. The number of carbonyl (C=O) groups excluding carboxylic acids is 2. The first kappa shape index (κ1) is 14.1. The van der Waals surface area contributed by atoms with Gasteiger partial charge in [-0.25, -0.2) is 0 Å². The molecule has 1 aromatic rings. The van der Waals surface area contributed by atoms with Gasteiger partial charge >= 0.3 is 0 Å². The number of ether oxygens (including phenoxy) is 1. The number of amides is 2. The molecule has 1 heterocycles. The van der Waals surface area contributed by atoms with Crippen molar-refractivity contribution >= 4 is 11.8 Å². The number of hydrogen-bond donors (Lipinski definition) is 2. The van der Waals surface area contributed by atoms with Crippen LogP contribution in [0.4, 0.5) is 0 Å². The van der Waals surface area contributed by atoms with Crippen LogP contribution in [0.5, 0.6) is 5.75 Å². The molecule has 1 aliphatic carbocycles. The zero-order valence-electron chi connectivity index (χ0n) is 12.1. The fourth-order valence-electron chi connectivity index (χ4n) is 3.14. The van der Waals surface area contributed by atoms with Gasteiger partial charge in [-0.3, -0.25) is 14.9 Å². The maximum atomic E-state index is 11.8. The van der Waals surface area contributed by atoms with E-state index >= 15 is 0 Å². The van der Waals surface area contributed by atoms with E-state index in [0.717, 1.165) is 25.0 Å². The van der Waals surface area contributed by atoms with Crippen molar-refractivity contribution in [3.8, 4) is 5.75 Å². The summed E-state index contributed by atoms with van der Waals surface area (Å²) in [6, 6.07) is 6.21. The molecule has 21 heavy (non-hydrogen) atoms. The summed E-state index contributed by atoms with van der Waals surface area (Å²) in [5, 5.41) is 5.80. The Hall–Kier alpha value is -1.88. The summed E-state index contributed by atoms with van der Waals surface area (Å²) in [7, 11) is 1.67. The van der Waals surface area contributed by atoms with Gasteiger partial charge in [-0.1, -0.05) is 6.07 Å². The van der Waals surface area contributed by atoms with Gasteiger partial charge in [-0.2, -0.15) is 0 Å². The number of carbonyl (C=O) groups is 2. The summed E-state index contributed by atoms with van der Waals surface area (Å²) >= 11 is 0. The molecule has 3 rings (SSSR count). The molecule has 0 radical (unpaired) electrons. The van der Waals surface area contributed by atoms with Gasteiger partial charge in [-0.05, 0) is 48.9 Å². The minimum atomic E-state index is -0.250. The SMILES string of the molecule is COc1ccc2c(c1)CC(NC1CCC(=O)NC1=O)CC2. The first-order chi connectivity index (χ1) is 10.2. The second kappa shape index (κ2) is 5.85. The van der Waals surface area contributed by atoms with Gasteiger partial charge in [0, 0.05) is 12.5 Å². The Kier molecular flexibility index (Phi) is 3.92. The molecule has 0 aromatic heterocycles. The van der Waals surface area contributed by atoms with Crippen LogP contribution >= 0.6 is 0 Å². The number of hydrogen-bond acceptors (Lipinski definition) is 4. The van der Waals surface area contributed by atoms with E-state index in [-0.39, 0.29) is 23.9 Å². The van der Waals surface area contributed by atoms with Gasteiger partial charge in [0.1, 0.15) is 5.75 Å². The molecule has 1 fully saturated rings. The lowest BCUT2D eigenvalue weighted by molar-refractivity contribution is -0.134. The highest BCUT2D eigenvalue weighted by Crippen LogP contribution is 2.26. The number of rotatable bonds is 3. The van der Waals surface area contributed by atoms with Crippen LogP contribution < -0.4 is 15.4 Å². The van der Waals surface area contributed by atoms with Crippen molar-refractivity contribution in [3.05, 3.63) is 29.3 Å². The molecule has 5 nitrogen and oxygen atoms in total. The van der Waals surface area contributed by atoms with Crippen molar-refractivity contribution in [1.82, 2.24) is 10.6 Å². The number of piperidine rings is 1. The van der Waals surface area contributed by atoms with Gasteiger partial charge in [0.2, 0.25) is 11.8 Å². The fourth-order valence-corrected chi connectivity index (χ4v) is 3.14. The average Bonchev–Trinajstić information content (AvgIpc) is 2.49. The highest BCUT2D eigenvalue weighted by atomic mass is 16.5. The van der Waals surface area contributed by atoms with Gasteiger partial charge in [0.05, 0.1) is 13.2 Å². The summed E-state index contributed by atoms with van der Waals surface area (Å²) in [5.74, 6) is 0.509. The van der Waals surface area contributed by atoms with E-state index in [1.807, 2.05) is 6.07 Å². The van der Waals surface area contributed by atoms with Crippen LogP contribution in [0.1, 0.15) is 30.4 Å². The first-order valence-electron chi connectivity index (χ1n) is 7.41. The van der Waals surface area contributed by atoms with Crippen molar-refractivity contribution in [2.45, 2.75) is 44.2 Å². The van der Waals surface area contributed by atoms with E-state index in [0.29, 0.717) is 12.8 Å². The molecule has 1 aliphatic heterocycles. The first-order valence-corrected chi connectivity index (χ1v) is 7.41. The lowest BCUT2D eigenvalue weighted by Crippen LogP contribution is -2.54. The molecule has 2 unspecified atom stereocenters. The number of aryl methyl sites for hydroxylation is 1. The van der Waals surface area contributed by atoms with Crippen molar-refractivity contribution in [2.75, 3.05) is 7.11 Å². The maximum Gasteiger partial charge on any atom is 0.243 e. The smallest absolute Gasteiger partial charge is 0.243 e. The lowest BCUT2D eigenvalue weighted by Gasteiger charge is -2.31. The number of nitrogens with one attached hydrogen (secondary N) is 2. The Morgan fingerprint density at radius 1 is 1.19 bits per heavy atom. The van der Waals surface area contributed by atoms with E-state index in [1.54, 1.807) is 7.11 Å². The molecule has 0 saturated carbocycles. The van der Waals surface area contributed by atoms with Crippen LogP contribution in [0, 0.1) is 0 Å². The second-order valence-corrected chi connectivity index (χ2v) is 5.74. The average molecular weight is 288 g/mol. The summed E-state index contributed by atoms with van der Waals surface area (Å²) in [4.78, 5) is 23.0. The molecule has 1 saturated heterocycles. The molecule has 5 heteroatoms. The van der Waals surface area contributed by atoms with Crippen LogP contribution in [0.3, 0.4) is 0 Å². The third-order valence-electron chi connectivity index (χ3n) is 4.32. The van der Waals surface area contributed by atoms with E-state index in [4.69, 9.17) is 4.74 Å². The predicted octanol–water partition coefficient (Wildman–Crippen LogP) is 0.947. The highest BCUT2D eigenvalue weighted by molar-refractivity contribution is 6.00. The minimum Gasteiger partial charge on any atom is -0.497 e. The van der Waals surface area contributed by atoms with Crippen LogP contribution in [-0.2, 0) is 22.4 Å². The molecule has 112 valence electrons. The standard InChI is InChI=1S/C16H20N2O3/c1-21-13-5-3-10-2-4-12(8-11(10)9-13)17-14-6-7-15(19)18-16(14)20/h3,5,9,12,14,17H,2,4,6-8H2,1H3,(H,18,19,20). The van der Waals surface area contributed by atoms with Crippen LogP contribution in [0.25, 0.3) is 0 Å². The molecular weight excluding hydrogens is 268 g/mol. The zero-order chi connectivity index (χ0) is 14.8. The van der Waals surface area contributed by atoms with Crippen molar-refractivity contribution in [2.24, 2.45) is 0 Å². The maximum absolute atomic E-state index is 11.8. The van der Waals surface area contributed by atoms with Crippen LogP contribution in [0.2, 0.25) is 0 Å². The van der Waals surface area contributed by atoms with Gasteiger partial charge < -0.3 is 10.1 Å². The van der Waals surface area contributed by atoms with Crippen molar-refractivity contribution in [3.63, 3.8) is 0 Å². The minimum absolute atomic E-state index is 0.170. The number of fused-ring (bicyclic) bond motifs is 1. The zero-order valence-corrected chi connectivity index (χ0v) is 12.1. The predicted molar refractivity (Wildman–Crippen MR) is 78.1 cm³/mol. The molecular formula is C16H20N2O3. The van der Waals surface area contributed by atoms with E-state index in [2.05, 4.69) is 22.8 Å². The van der Waals surface area contributed by atoms with E-state index in [9.17, 15) is 9.59 Å². The lowest BCUT2D eigenvalue weighted by atomic mass is 9.87. The molecule has 2 aliphatic rings. The summed E-state index contributed by atoms with van der Waals surface area (Å²) in [6.07, 6.45) is 3.91. The Morgan fingerprint density at radius 2 is 2.05 bits per heavy atom. The molecule has 2 N–H and O–H groups in total. The Morgan fingerprint density at radius 3 is 2.81 bits per heavy atom. The molecule has 1 aromatic carbocycles. The van der Waals surface area contributed by atoms with Crippen molar-refractivity contribution < 1.29 is 14.3 Å². The molecule has 2 amide bonds. The quantitative estimate of drug-likeness (QED) is 0.813. The fraction of sp³-hybridized carbons (Fsp3) is 0.500. The number of imide groups is 1. The third-order valence-corrected chi connectivity index (χ3v) is 4.32. The molecule has 0 spiro atoms. The van der Waals surface area contributed by atoms with Crippen molar-refractivity contribution in [1.29, 1.82) is 0 Å². The number of methoxy groups -OCH3 is 1. The largest absolute Gasteiger partial charge is 0.497 e. The molecule has 2 atom stereocenters. The second-order valence-electron chi connectivity index (χ2n) is 5.74. The van der Waals surface area contributed by atoms with Gasteiger partial charge in [0.25, 0.3) is 0 Å². The van der Waals surface area contributed by atoms with Crippen LogP contribution in [-0.4, -0.2) is 31.0 Å². The number of benzene rings is 1. The Labute approximate surface area is 124 Å². The van der Waals surface area contributed by atoms with Gasteiger partial charge in [-0.15, -0.1) is 0 Å².